The van der Waals surface area contributed by atoms with E-state index in [2.05, 4.69) is 10.2 Å². The zero-order chi connectivity index (χ0) is 14.2. The summed E-state index contributed by atoms with van der Waals surface area (Å²) >= 11 is 0. The van der Waals surface area contributed by atoms with E-state index < -0.39 is 0 Å². The molecule has 0 unspecified atom stereocenters. The zero-order valence-corrected chi connectivity index (χ0v) is 12.3. The van der Waals surface area contributed by atoms with Gasteiger partial charge in [-0.25, -0.2) is 4.39 Å². The van der Waals surface area contributed by atoms with Crippen LogP contribution in [0.2, 0.25) is 0 Å². The van der Waals surface area contributed by atoms with Crippen molar-refractivity contribution in [3.63, 3.8) is 0 Å². The number of nitrogens with one attached hydrogen (secondary N) is 1. The molecular formula is C16H25FN2O. The zero-order valence-electron chi connectivity index (χ0n) is 12.3. The van der Waals surface area contributed by atoms with Crippen LogP contribution in [0.5, 0.6) is 0 Å². The van der Waals surface area contributed by atoms with Gasteiger partial charge in [-0.2, -0.15) is 0 Å². The Labute approximate surface area is 121 Å². The summed E-state index contributed by atoms with van der Waals surface area (Å²) in [5, 5.41) is 3.37. The summed E-state index contributed by atoms with van der Waals surface area (Å²) in [5.74, 6) is -0.102. The standard InChI is InChI=1S/C16H25FN2O/c1-20-11-5-8-18-13-14-6-7-15(17)16(12-14)19-9-3-2-4-10-19/h6-7,12,18H,2-5,8-11,13H2,1H3. The first kappa shape index (κ1) is 15.3. The van der Waals surface area contributed by atoms with E-state index in [1.807, 2.05) is 12.1 Å². The summed E-state index contributed by atoms with van der Waals surface area (Å²) in [5.41, 5.74) is 1.91. The molecular weight excluding hydrogens is 255 g/mol. The summed E-state index contributed by atoms with van der Waals surface area (Å²) in [4.78, 5) is 2.17. The second-order valence-electron chi connectivity index (χ2n) is 5.36. The Hall–Kier alpha value is -1.13. The summed E-state index contributed by atoms with van der Waals surface area (Å²) in [7, 11) is 1.71. The molecule has 1 N–H and O–H groups in total. The molecule has 1 heterocycles. The first-order valence-corrected chi connectivity index (χ1v) is 7.54. The molecule has 1 aromatic rings. The lowest BCUT2D eigenvalue weighted by atomic mass is 10.1. The van der Waals surface area contributed by atoms with Gasteiger partial charge in [0, 0.05) is 33.4 Å². The largest absolute Gasteiger partial charge is 0.385 e. The van der Waals surface area contributed by atoms with Gasteiger partial charge < -0.3 is 15.0 Å². The smallest absolute Gasteiger partial charge is 0.146 e. The molecule has 0 aromatic heterocycles. The first-order chi connectivity index (χ1) is 9.81. The van der Waals surface area contributed by atoms with Gasteiger partial charge in [0.05, 0.1) is 5.69 Å². The van der Waals surface area contributed by atoms with Crippen molar-refractivity contribution in [1.29, 1.82) is 0 Å². The number of benzene rings is 1. The summed E-state index contributed by atoms with van der Waals surface area (Å²) in [6.07, 6.45) is 4.59. The van der Waals surface area contributed by atoms with Crippen LogP contribution in [0.25, 0.3) is 0 Å². The first-order valence-electron chi connectivity index (χ1n) is 7.54. The summed E-state index contributed by atoms with van der Waals surface area (Å²) in [6, 6.07) is 5.45. The monoisotopic (exact) mass is 280 g/mol. The Morgan fingerprint density at radius 3 is 2.80 bits per heavy atom. The van der Waals surface area contributed by atoms with Crippen LogP contribution in [0.4, 0.5) is 10.1 Å². The van der Waals surface area contributed by atoms with Crippen molar-refractivity contribution < 1.29 is 9.13 Å². The number of hydrogen-bond acceptors (Lipinski definition) is 3. The van der Waals surface area contributed by atoms with Gasteiger partial charge in [0.25, 0.3) is 0 Å². The maximum Gasteiger partial charge on any atom is 0.146 e. The van der Waals surface area contributed by atoms with E-state index in [1.54, 1.807) is 13.2 Å². The third-order valence-corrected chi connectivity index (χ3v) is 3.74. The highest BCUT2D eigenvalue weighted by atomic mass is 19.1. The summed E-state index contributed by atoms with van der Waals surface area (Å²) in [6.45, 7) is 4.42. The molecule has 0 radical (unpaired) electrons. The highest BCUT2D eigenvalue weighted by Gasteiger charge is 2.15. The lowest BCUT2D eigenvalue weighted by molar-refractivity contribution is 0.194. The van der Waals surface area contributed by atoms with E-state index in [9.17, 15) is 4.39 Å². The number of hydrogen-bond donors (Lipinski definition) is 1. The van der Waals surface area contributed by atoms with E-state index in [4.69, 9.17) is 4.74 Å². The van der Waals surface area contributed by atoms with Gasteiger partial charge in [0.1, 0.15) is 5.82 Å². The summed E-state index contributed by atoms with van der Waals surface area (Å²) < 4.78 is 19.0. The fraction of sp³-hybridized carbons (Fsp3) is 0.625. The Balaban J connectivity index is 1.90. The van der Waals surface area contributed by atoms with Crippen LogP contribution in [0.3, 0.4) is 0 Å². The Morgan fingerprint density at radius 2 is 2.05 bits per heavy atom. The number of ether oxygens (including phenoxy) is 1. The molecule has 1 fully saturated rings. The number of nitrogens with zero attached hydrogens (tertiary/aromatic N) is 1. The molecule has 20 heavy (non-hydrogen) atoms. The lowest BCUT2D eigenvalue weighted by Gasteiger charge is -2.29. The topological polar surface area (TPSA) is 24.5 Å². The van der Waals surface area contributed by atoms with Gasteiger partial charge in [-0.1, -0.05) is 6.07 Å². The quantitative estimate of drug-likeness (QED) is 0.777. The number of methoxy groups -OCH3 is 1. The number of halogens is 1. The van der Waals surface area contributed by atoms with Gasteiger partial charge in [0.2, 0.25) is 0 Å². The minimum absolute atomic E-state index is 0.102. The average molecular weight is 280 g/mol. The molecule has 0 atom stereocenters. The highest BCUT2D eigenvalue weighted by Crippen LogP contribution is 2.24. The third-order valence-electron chi connectivity index (χ3n) is 3.74. The number of rotatable bonds is 7. The van der Waals surface area contributed by atoms with E-state index in [0.29, 0.717) is 0 Å². The predicted molar refractivity (Wildman–Crippen MR) is 80.7 cm³/mol. The molecule has 2 rings (SSSR count). The fourth-order valence-electron chi connectivity index (χ4n) is 2.62. The molecule has 0 saturated carbocycles. The Morgan fingerprint density at radius 1 is 1.25 bits per heavy atom. The molecule has 4 heteroatoms. The van der Waals surface area contributed by atoms with E-state index >= 15 is 0 Å². The highest BCUT2D eigenvalue weighted by molar-refractivity contribution is 5.50. The number of anilines is 1. The van der Waals surface area contributed by atoms with Gasteiger partial charge >= 0.3 is 0 Å². The normalized spacial score (nSPS) is 15.6. The van der Waals surface area contributed by atoms with Gasteiger partial charge in [-0.3, -0.25) is 0 Å². The van der Waals surface area contributed by atoms with Crippen LogP contribution >= 0.6 is 0 Å². The second-order valence-corrected chi connectivity index (χ2v) is 5.36. The molecule has 0 bridgehead atoms. The van der Waals surface area contributed by atoms with Gasteiger partial charge in [0.15, 0.2) is 0 Å². The molecule has 3 nitrogen and oxygen atoms in total. The van der Waals surface area contributed by atoms with E-state index in [0.717, 1.165) is 50.5 Å². The van der Waals surface area contributed by atoms with E-state index in [-0.39, 0.29) is 5.82 Å². The van der Waals surface area contributed by atoms with Gasteiger partial charge in [-0.05, 0) is 49.9 Å². The molecule has 0 spiro atoms. The molecule has 1 saturated heterocycles. The molecule has 112 valence electrons. The van der Waals surface area contributed by atoms with Crippen molar-refractivity contribution in [3.8, 4) is 0 Å². The van der Waals surface area contributed by atoms with E-state index in [1.165, 1.54) is 19.3 Å². The second kappa shape index (κ2) is 8.22. The van der Waals surface area contributed by atoms with Crippen molar-refractivity contribution in [2.75, 3.05) is 38.3 Å². The molecule has 0 aliphatic carbocycles. The third kappa shape index (κ3) is 4.46. The lowest BCUT2D eigenvalue weighted by Crippen LogP contribution is -2.30. The minimum atomic E-state index is -0.102. The molecule has 1 aliphatic rings. The Bertz CT molecular complexity index is 405. The van der Waals surface area contributed by atoms with Crippen LogP contribution in [0.15, 0.2) is 18.2 Å². The van der Waals surface area contributed by atoms with Crippen molar-refractivity contribution in [3.05, 3.63) is 29.6 Å². The maximum absolute atomic E-state index is 14.0. The number of piperidine rings is 1. The minimum Gasteiger partial charge on any atom is -0.385 e. The van der Waals surface area contributed by atoms with Crippen molar-refractivity contribution >= 4 is 5.69 Å². The fourth-order valence-corrected chi connectivity index (χ4v) is 2.62. The van der Waals surface area contributed by atoms with Crippen LogP contribution < -0.4 is 10.2 Å². The predicted octanol–water partition coefficient (Wildman–Crippen LogP) is 2.94. The van der Waals surface area contributed by atoms with Crippen molar-refractivity contribution in [2.24, 2.45) is 0 Å². The van der Waals surface area contributed by atoms with Crippen LogP contribution in [-0.2, 0) is 11.3 Å². The average Bonchev–Trinajstić information content (AvgIpc) is 2.49. The van der Waals surface area contributed by atoms with Crippen molar-refractivity contribution in [1.82, 2.24) is 5.32 Å². The maximum atomic E-state index is 14.0. The van der Waals surface area contributed by atoms with Gasteiger partial charge in [-0.15, -0.1) is 0 Å². The molecule has 1 aliphatic heterocycles. The van der Waals surface area contributed by atoms with Crippen molar-refractivity contribution in [2.45, 2.75) is 32.2 Å². The SMILES string of the molecule is COCCCNCc1ccc(F)c(N2CCCCC2)c1. The Kier molecular flexibility index (Phi) is 6.27. The van der Waals surface area contributed by atoms with Crippen LogP contribution in [0, 0.1) is 5.82 Å². The molecule has 1 aromatic carbocycles. The van der Waals surface area contributed by atoms with Crippen LogP contribution in [0.1, 0.15) is 31.2 Å². The molecule has 0 amide bonds. The van der Waals surface area contributed by atoms with Crippen LogP contribution in [-0.4, -0.2) is 33.4 Å².